The second kappa shape index (κ2) is 8.35. The van der Waals surface area contributed by atoms with Crippen LogP contribution in [0.1, 0.15) is 22.6 Å². The third-order valence-electron chi connectivity index (χ3n) is 5.57. The Kier molecular flexibility index (Phi) is 5.73. The molecule has 0 N–H and O–H groups in total. The molecule has 1 aliphatic heterocycles. The molecular formula is C24H20F3NO3S. The van der Waals surface area contributed by atoms with Crippen LogP contribution in [0, 0.1) is 24.4 Å². The summed E-state index contributed by atoms with van der Waals surface area (Å²) in [6.07, 6.45) is 0. The molecule has 0 saturated heterocycles. The molecule has 8 heteroatoms. The van der Waals surface area contributed by atoms with Crippen LogP contribution < -0.4 is 19.1 Å². The van der Waals surface area contributed by atoms with E-state index in [1.807, 2.05) is 37.1 Å². The average Bonchev–Trinajstić information content (AvgIpc) is 2.79. The zero-order valence-electron chi connectivity index (χ0n) is 17.8. The van der Waals surface area contributed by atoms with Crippen molar-refractivity contribution >= 4 is 28.6 Å². The monoisotopic (exact) mass is 459 g/mol. The molecule has 1 atom stereocenters. The molecule has 0 bridgehead atoms. The van der Waals surface area contributed by atoms with Crippen LogP contribution in [0.5, 0.6) is 17.2 Å². The molecule has 1 unspecified atom stereocenters. The molecule has 0 fully saturated rings. The smallest absolute Gasteiger partial charge is 0.204 e. The Morgan fingerprint density at radius 2 is 1.69 bits per heavy atom. The maximum absolute atomic E-state index is 14.3. The van der Waals surface area contributed by atoms with Crippen molar-refractivity contribution in [3.8, 4) is 17.2 Å². The van der Waals surface area contributed by atoms with E-state index in [-0.39, 0.29) is 5.05 Å². The molecule has 0 saturated carbocycles. The Morgan fingerprint density at radius 3 is 2.38 bits per heavy atom. The van der Waals surface area contributed by atoms with Gasteiger partial charge in [0.2, 0.25) is 11.6 Å². The number of hydrogen-bond acceptors (Lipinski definition) is 5. The number of hydrogen-bond donors (Lipinski definition) is 0. The Balaban J connectivity index is 1.92. The minimum absolute atomic E-state index is 0.141. The van der Waals surface area contributed by atoms with Crippen LogP contribution in [0.15, 0.2) is 42.5 Å². The van der Waals surface area contributed by atoms with Crippen molar-refractivity contribution in [2.75, 3.05) is 26.2 Å². The Morgan fingerprint density at radius 1 is 0.969 bits per heavy atom. The molecule has 4 nitrogen and oxygen atoms in total. The highest BCUT2D eigenvalue weighted by atomic mass is 32.1. The molecule has 0 aliphatic carbocycles. The van der Waals surface area contributed by atoms with Crippen molar-refractivity contribution in [2.24, 2.45) is 0 Å². The van der Waals surface area contributed by atoms with Gasteiger partial charge in [0.25, 0.3) is 0 Å². The lowest BCUT2D eigenvalue weighted by atomic mass is 9.83. The van der Waals surface area contributed by atoms with Crippen LogP contribution in [0.2, 0.25) is 0 Å². The zero-order valence-corrected chi connectivity index (χ0v) is 18.6. The van der Waals surface area contributed by atoms with E-state index in [1.54, 1.807) is 19.2 Å². The quantitative estimate of drug-likeness (QED) is 0.350. The number of thiocarbonyl (C=S) groups is 1. The largest absolute Gasteiger partial charge is 0.497 e. The summed E-state index contributed by atoms with van der Waals surface area (Å²) >= 11 is 5.54. The number of methoxy groups -OCH3 is 2. The van der Waals surface area contributed by atoms with Gasteiger partial charge in [-0.1, -0.05) is 12.1 Å². The van der Waals surface area contributed by atoms with Crippen LogP contribution in [0.4, 0.5) is 24.5 Å². The van der Waals surface area contributed by atoms with Crippen molar-refractivity contribution in [3.63, 3.8) is 0 Å². The molecule has 1 aliphatic rings. The summed E-state index contributed by atoms with van der Waals surface area (Å²) in [7, 11) is 4.99. The van der Waals surface area contributed by atoms with Gasteiger partial charge in [0, 0.05) is 24.4 Å². The minimum Gasteiger partial charge on any atom is -0.497 e. The average molecular weight is 459 g/mol. The maximum Gasteiger partial charge on any atom is 0.204 e. The molecule has 3 aromatic rings. The van der Waals surface area contributed by atoms with E-state index in [0.29, 0.717) is 23.1 Å². The first-order chi connectivity index (χ1) is 15.3. The highest BCUT2D eigenvalue weighted by Gasteiger charge is 2.37. The van der Waals surface area contributed by atoms with Crippen LogP contribution >= 0.6 is 12.2 Å². The summed E-state index contributed by atoms with van der Waals surface area (Å²) in [5, 5.41) is -0.141. The van der Waals surface area contributed by atoms with Gasteiger partial charge in [-0.05, 0) is 54.5 Å². The predicted molar refractivity (Wildman–Crippen MR) is 120 cm³/mol. The molecule has 0 aromatic heterocycles. The van der Waals surface area contributed by atoms with Crippen LogP contribution in [-0.4, -0.2) is 26.3 Å². The normalized spacial score (nSPS) is 14.5. The number of aryl methyl sites for hydroxylation is 1. The first kappa shape index (κ1) is 22.0. The summed E-state index contributed by atoms with van der Waals surface area (Å²) < 4.78 is 58.8. The predicted octanol–water partition coefficient (Wildman–Crippen LogP) is 6.05. The van der Waals surface area contributed by atoms with Gasteiger partial charge in [-0.2, -0.15) is 4.39 Å². The van der Waals surface area contributed by atoms with E-state index < -0.39 is 29.1 Å². The molecule has 1 heterocycles. The lowest BCUT2D eigenvalue weighted by Gasteiger charge is -2.37. The second-order valence-corrected chi connectivity index (χ2v) is 7.76. The summed E-state index contributed by atoms with van der Waals surface area (Å²) in [5.74, 6) is -4.14. The maximum atomic E-state index is 14.3. The van der Waals surface area contributed by atoms with Gasteiger partial charge in [0.1, 0.15) is 11.5 Å². The molecule has 0 spiro atoms. The van der Waals surface area contributed by atoms with Gasteiger partial charge in [-0.15, -0.1) is 0 Å². The topological polar surface area (TPSA) is 30.9 Å². The van der Waals surface area contributed by atoms with Crippen molar-refractivity contribution in [2.45, 2.75) is 12.8 Å². The van der Waals surface area contributed by atoms with Gasteiger partial charge >= 0.3 is 0 Å². The first-order valence-corrected chi connectivity index (χ1v) is 10.1. The molecule has 166 valence electrons. The van der Waals surface area contributed by atoms with Gasteiger partial charge in [0.15, 0.2) is 16.7 Å². The number of anilines is 2. The first-order valence-electron chi connectivity index (χ1n) is 9.72. The zero-order chi connectivity index (χ0) is 23.2. The van der Waals surface area contributed by atoms with Gasteiger partial charge in [-0.25, -0.2) is 8.78 Å². The third kappa shape index (κ3) is 3.44. The van der Waals surface area contributed by atoms with E-state index >= 15 is 0 Å². The van der Waals surface area contributed by atoms with Crippen molar-refractivity contribution < 1.29 is 27.4 Å². The Bertz CT molecular complexity index is 1230. The van der Waals surface area contributed by atoms with E-state index in [0.717, 1.165) is 28.6 Å². The number of halogens is 3. The Labute approximate surface area is 189 Å². The second-order valence-electron chi connectivity index (χ2n) is 7.36. The van der Waals surface area contributed by atoms with E-state index in [2.05, 4.69) is 0 Å². The summed E-state index contributed by atoms with van der Waals surface area (Å²) in [5.41, 5.74) is 3.96. The third-order valence-corrected chi connectivity index (χ3v) is 5.89. The fourth-order valence-electron chi connectivity index (χ4n) is 4.07. The Hall–Kier alpha value is -3.26. The summed E-state index contributed by atoms with van der Waals surface area (Å²) in [6.45, 7) is 1.94. The molecule has 3 aromatic carbocycles. The van der Waals surface area contributed by atoms with E-state index in [4.69, 9.17) is 26.4 Å². The van der Waals surface area contributed by atoms with Gasteiger partial charge in [0.05, 0.1) is 25.8 Å². The van der Waals surface area contributed by atoms with Gasteiger partial charge in [-0.3, -0.25) is 0 Å². The lowest BCUT2D eigenvalue weighted by Crippen LogP contribution is -2.29. The van der Waals surface area contributed by atoms with Crippen LogP contribution in [0.3, 0.4) is 0 Å². The fourth-order valence-corrected chi connectivity index (χ4v) is 4.40. The fraction of sp³-hybridized carbons (Fsp3) is 0.208. The number of fused-ring (bicyclic) bond motifs is 2. The number of nitrogens with zero attached hydrogens (tertiary/aromatic N) is 1. The standard InChI is InChI=1S/C24H20F3NO3S/c1-12-5-10-18(30-4)20-19(24(32)31-23-16(26)9-8-15(25)21(23)27)14-7-6-13(29-3)11-17(14)28(2)22(12)20/h5-11,19H,1-4H3. The molecule has 0 amide bonds. The van der Waals surface area contributed by atoms with Gasteiger partial charge < -0.3 is 19.1 Å². The summed E-state index contributed by atoms with van der Waals surface area (Å²) in [6, 6.07) is 10.6. The van der Waals surface area contributed by atoms with Crippen LogP contribution in [-0.2, 0) is 0 Å². The van der Waals surface area contributed by atoms with E-state index in [1.165, 1.54) is 7.11 Å². The number of ether oxygens (including phenoxy) is 3. The molecule has 32 heavy (non-hydrogen) atoms. The number of benzene rings is 3. The van der Waals surface area contributed by atoms with Crippen molar-refractivity contribution in [1.82, 2.24) is 0 Å². The highest BCUT2D eigenvalue weighted by molar-refractivity contribution is 7.80. The van der Waals surface area contributed by atoms with Crippen LogP contribution in [0.25, 0.3) is 0 Å². The SMILES string of the molecule is COc1ccc2c(c1)N(C)c1c(C)ccc(OC)c1C2C(=S)Oc1c(F)ccc(F)c1F. The molecule has 4 rings (SSSR count). The number of rotatable bonds is 4. The van der Waals surface area contributed by atoms with Crippen molar-refractivity contribution in [3.05, 3.63) is 76.6 Å². The summed E-state index contributed by atoms with van der Waals surface area (Å²) in [4.78, 5) is 1.98. The lowest BCUT2D eigenvalue weighted by molar-refractivity contribution is 0.402. The van der Waals surface area contributed by atoms with E-state index in [9.17, 15) is 13.2 Å². The highest BCUT2D eigenvalue weighted by Crippen LogP contribution is 2.51. The minimum atomic E-state index is -1.44. The molecular weight excluding hydrogens is 439 g/mol. The molecule has 0 radical (unpaired) electrons. The van der Waals surface area contributed by atoms with Crippen molar-refractivity contribution in [1.29, 1.82) is 0 Å².